The number of hydrogen-bond acceptors (Lipinski definition) is 2. The zero-order valence-electron chi connectivity index (χ0n) is 14.5. The second-order valence-corrected chi connectivity index (χ2v) is 6.47. The summed E-state index contributed by atoms with van der Waals surface area (Å²) >= 11 is 0. The topological polar surface area (TPSA) is 32.3 Å². The van der Waals surface area contributed by atoms with Crippen LogP contribution in [-0.4, -0.2) is 37.5 Å². The van der Waals surface area contributed by atoms with Crippen molar-refractivity contribution in [1.82, 2.24) is 10.2 Å². The Morgan fingerprint density at radius 1 is 1.23 bits per heavy atom. The van der Waals surface area contributed by atoms with Crippen molar-refractivity contribution in [3.8, 4) is 0 Å². The Kier molecular flexibility index (Phi) is 7.89. The first kappa shape index (κ1) is 18.4. The van der Waals surface area contributed by atoms with Crippen LogP contribution in [0.15, 0.2) is 48.1 Å². The third-order valence-corrected chi connectivity index (χ3v) is 3.68. The Balaban J connectivity index is 2.69. The van der Waals surface area contributed by atoms with Crippen molar-refractivity contribution in [2.24, 2.45) is 11.8 Å². The van der Waals surface area contributed by atoms with Gasteiger partial charge in [-0.15, -0.1) is 0 Å². The SMILES string of the molecule is C\C1=C/C=C\C=C/C(C)/C=C/C1CC(=O)NC(C)CN(C)C. The van der Waals surface area contributed by atoms with Gasteiger partial charge in [-0.05, 0) is 33.9 Å². The standard InChI is InChI=1S/C19H30N2O/c1-15-9-7-6-8-10-16(2)18(12-11-15)13-19(22)20-17(3)14-21(4)5/h6-12,15,17-18H,13-14H2,1-5H3,(H,20,22)/b8-6-,9-7-,12-11+,16-10+. The summed E-state index contributed by atoms with van der Waals surface area (Å²) in [5.41, 5.74) is 1.21. The van der Waals surface area contributed by atoms with Gasteiger partial charge in [-0.25, -0.2) is 0 Å². The monoisotopic (exact) mass is 302 g/mol. The molecule has 3 heteroatoms. The number of carbonyl (C=O) groups excluding carboxylic acids is 1. The van der Waals surface area contributed by atoms with E-state index in [9.17, 15) is 4.79 Å². The predicted molar refractivity (Wildman–Crippen MR) is 94.6 cm³/mol. The van der Waals surface area contributed by atoms with E-state index in [1.54, 1.807) is 0 Å². The van der Waals surface area contributed by atoms with Crippen LogP contribution in [0.3, 0.4) is 0 Å². The van der Waals surface area contributed by atoms with Crippen LogP contribution >= 0.6 is 0 Å². The molecule has 0 saturated carbocycles. The summed E-state index contributed by atoms with van der Waals surface area (Å²) in [4.78, 5) is 14.3. The fourth-order valence-electron chi connectivity index (χ4n) is 2.52. The van der Waals surface area contributed by atoms with E-state index >= 15 is 0 Å². The molecule has 0 aromatic carbocycles. The van der Waals surface area contributed by atoms with E-state index in [0.717, 1.165) is 6.54 Å². The lowest BCUT2D eigenvalue weighted by atomic mass is 9.93. The molecular formula is C19H30N2O. The molecule has 1 aliphatic carbocycles. The van der Waals surface area contributed by atoms with Gasteiger partial charge in [0.15, 0.2) is 0 Å². The van der Waals surface area contributed by atoms with Gasteiger partial charge in [0.05, 0.1) is 0 Å². The van der Waals surface area contributed by atoms with Crippen LogP contribution in [0, 0.1) is 11.8 Å². The molecule has 122 valence electrons. The number of allylic oxidation sites excluding steroid dienone is 8. The van der Waals surface area contributed by atoms with Crippen LogP contribution in [0.25, 0.3) is 0 Å². The first-order valence-electron chi connectivity index (χ1n) is 8.02. The van der Waals surface area contributed by atoms with Crippen LogP contribution in [0.1, 0.15) is 27.2 Å². The minimum atomic E-state index is 0.112. The summed E-state index contributed by atoms with van der Waals surface area (Å²) in [6, 6.07) is 0.164. The lowest BCUT2D eigenvalue weighted by Crippen LogP contribution is -2.40. The summed E-state index contributed by atoms with van der Waals surface area (Å²) < 4.78 is 0. The van der Waals surface area contributed by atoms with E-state index in [4.69, 9.17) is 0 Å². The third-order valence-electron chi connectivity index (χ3n) is 3.68. The molecule has 3 atom stereocenters. The third kappa shape index (κ3) is 7.41. The van der Waals surface area contributed by atoms with Gasteiger partial charge in [-0.1, -0.05) is 55.0 Å². The average Bonchev–Trinajstić information content (AvgIpc) is 2.41. The summed E-state index contributed by atoms with van der Waals surface area (Å²) in [5.74, 6) is 0.653. The summed E-state index contributed by atoms with van der Waals surface area (Å²) in [6.07, 6.45) is 15.2. The van der Waals surface area contributed by atoms with Gasteiger partial charge in [0, 0.05) is 24.9 Å². The summed E-state index contributed by atoms with van der Waals surface area (Å²) in [6.45, 7) is 7.13. The number of likely N-dealkylation sites (N-methyl/N-ethyl adjacent to an activating group) is 1. The highest BCUT2D eigenvalue weighted by atomic mass is 16.1. The molecule has 0 aromatic rings. The maximum Gasteiger partial charge on any atom is 0.221 e. The summed E-state index contributed by atoms with van der Waals surface area (Å²) in [7, 11) is 4.03. The van der Waals surface area contributed by atoms with Crippen molar-refractivity contribution >= 4 is 5.91 Å². The first-order valence-corrected chi connectivity index (χ1v) is 8.02. The van der Waals surface area contributed by atoms with Crippen molar-refractivity contribution in [3.63, 3.8) is 0 Å². The van der Waals surface area contributed by atoms with Crippen LogP contribution in [0.2, 0.25) is 0 Å². The molecule has 3 unspecified atom stereocenters. The zero-order chi connectivity index (χ0) is 16.5. The number of amides is 1. The molecule has 1 N–H and O–H groups in total. The van der Waals surface area contributed by atoms with Gasteiger partial charge < -0.3 is 10.2 Å². The van der Waals surface area contributed by atoms with E-state index < -0.39 is 0 Å². The minimum Gasteiger partial charge on any atom is -0.352 e. The lowest BCUT2D eigenvalue weighted by molar-refractivity contribution is -0.122. The van der Waals surface area contributed by atoms with Crippen molar-refractivity contribution in [1.29, 1.82) is 0 Å². The van der Waals surface area contributed by atoms with Crippen molar-refractivity contribution in [2.45, 2.75) is 33.2 Å². The van der Waals surface area contributed by atoms with Crippen molar-refractivity contribution in [2.75, 3.05) is 20.6 Å². The summed E-state index contributed by atoms with van der Waals surface area (Å²) in [5, 5.41) is 3.08. The fraction of sp³-hybridized carbons (Fsp3) is 0.526. The molecule has 1 amide bonds. The molecule has 0 spiro atoms. The zero-order valence-corrected chi connectivity index (χ0v) is 14.5. The smallest absolute Gasteiger partial charge is 0.221 e. The van der Waals surface area contributed by atoms with E-state index in [2.05, 4.69) is 54.4 Å². The largest absolute Gasteiger partial charge is 0.352 e. The molecule has 0 fully saturated rings. The number of hydrogen-bond donors (Lipinski definition) is 1. The highest BCUT2D eigenvalue weighted by Crippen LogP contribution is 2.19. The number of nitrogens with zero attached hydrogens (tertiary/aromatic N) is 1. The van der Waals surface area contributed by atoms with Crippen LogP contribution in [-0.2, 0) is 4.79 Å². The maximum atomic E-state index is 12.3. The first-order chi connectivity index (χ1) is 10.4. The molecule has 3 nitrogen and oxygen atoms in total. The predicted octanol–water partition coefficient (Wildman–Crippen LogP) is 3.32. The average molecular weight is 302 g/mol. The van der Waals surface area contributed by atoms with Gasteiger partial charge in [-0.2, -0.15) is 0 Å². The molecule has 0 bridgehead atoms. The van der Waals surface area contributed by atoms with E-state index in [-0.39, 0.29) is 17.9 Å². The molecule has 0 radical (unpaired) electrons. The number of carbonyl (C=O) groups is 1. The van der Waals surface area contributed by atoms with E-state index in [1.807, 2.05) is 33.2 Å². The molecule has 0 aliphatic heterocycles. The van der Waals surface area contributed by atoms with Crippen molar-refractivity contribution in [3.05, 3.63) is 48.1 Å². The van der Waals surface area contributed by atoms with Gasteiger partial charge in [0.25, 0.3) is 0 Å². The molecule has 22 heavy (non-hydrogen) atoms. The molecule has 0 saturated heterocycles. The normalized spacial score (nSPS) is 30.0. The second-order valence-electron chi connectivity index (χ2n) is 6.47. The quantitative estimate of drug-likeness (QED) is 0.790. The van der Waals surface area contributed by atoms with E-state index in [0.29, 0.717) is 12.3 Å². The van der Waals surface area contributed by atoms with Gasteiger partial charge in [0.1, 0.15) is 0 Å². The van der Waals surface area contributed by atoms with E-state index in [1.165, 1.54) is 5.57 Å². The Labute approximate surface area is 135 Å². The van der Waals surface area contributed by atoms with Crippen molar-refractivity contribution < 1.29 is 4.79 Å². The molecule has 1 rings (SSSR count). The Morgan fingerprint density at radius 3 is 2.64 bits per heavy atom. The molecule has 1 aliphatic rings. The Morgan fingerprint density at radius 2 is 1.95 bits per heavy atom. The van der Waals surface area contributed by atoms with Crippen LogP contribution in [0.4, 0.5) is 0 Å². The highest BCUT2D eigenvalue weighted by molar-refractivity contribution is 5.77. The van der Waals surface area contributed by atoms with Gasteiger partial charge >= 0.3 is 0 Å². The highest BCUT2D eigenvalue weighted by Gasteiger charge is 2.15. The van der Waals surface area contributed by atoms with Crippen LogP contribution < -0.4 is 5.32 Å². The fourth-order valence-corrected chi connectivity index (χ4v) is 2.52. The number of nitrogens with one attached hydrogen (secondary N) is 1. The molecular weight excluding hydrogens is 272 g/mol. The number of rotatable bonds is 5. The maximum absolute atomic E-state index is 12.3. The lowest BCUT2D eigenvalue weighted by Gasteiger charge is -2.20. The van der Waals surface area contributed by atoms with Crippen LogP contribution in [0.5, 0.6) is 0 Å². The van der Waals surface area contributed by atoms with Gasteiger partial charge in [-0.3, -0.25) is 4.79 Å². The Bertz CT molecular complexity index is 472. The molecule has 0 heterocycles. The second kappa shape index (κ2) is 9.42. The molecule has 0 aromatic heterocycles. The minimum absolute atomic E-state index is 0.112. The Hall–Kier alpha value is -1.61. The van der Waals surface area contributed by atoms with Gasteiger partial charge in [0.2, 0.25) is 5.91 Å².